The Bertz CT molecular complexity index is 383. The predicted octanol–water partition coefficient (Wildman–Crippen LogP) is 2.41. The van der Waals surface area contributed by atoms with Gasteiger partial charge in [0.15, 0.2) is 0 Å². The summed E-state index contributed by atoms with van der Waals surface area (Å²) >= 11 is 0. The Hall–Kier alpha value is -2.16. The third-order valence-corrected chi connectivity index (χ3v) is 2.99. The molecule has 0 aliphatic heterocycles. The highest BCUT2D eigenvalue weighted by molar-refractivity contribution is 5.73. The fourth-order valence-corrected chi connectivity index (χ4v) is 1.51. The Morgan fingerprint density at radius 1 is 0.667 bits per heavy atom. The van der Waals surface area contributed by atoms with Gasteiger partial charge in [-0.3, -0.25) is 9.59 Å². The van der Waals surface area contributed by atoms with Crippen molar-refractivity contribution in [2.45, 2.75) is 65.2 Å². The van der Waals surface area contributed by atoms with Gasteiger partial charge >= 0.3 is 23.9 Å². The van der Waals surface area contributed by atoms with Crippen LogP contribution in [0.5, 0.6) is 0 Å². The molecule has 0 aliphatic carbocycles. The Labute approximate surface area is 160 Å². The van der Waals surface area contributed by atoms with Crippen LogP contribution >= 0.6 is 0 Å². The number of rotatable bonds is 15. The van der Waals surface area contributed by atoms with Crippen molar-refractivity contribution < 1.29 is 43.6 Å². The van der Waals surface area contributed by atoms with E-state index in [1.54, 1.807) is 0 Å². The molecule has 2 N–H and O–H groups in total. The van der Waals surface area contributed by atoms with Gasteiger partial charge in [0.25, 0.3) is 0 Å². The van der Waals surface area contributed by atoms with E-state index >= 15 is 0 Å². The van der Waals surface area contributed by atoms with Crippen LogP contribution in [0.15, 0.2) is 0 Å². The summed E-state index contributed by atoms with van der Waals surface area (Å²) in [6.07, 6.45) is 4.63. The fraction of sp³-hybridized carbons (Fsp3) is 0.778. The van der Waals surface area contributed by atoms with Gasteiger partial charge in [0, 0.05) is 12.8 Å². The number of unbranched alkanes of at least 4 members (excludes halogenated alkanes) is 3. The van der Waals surface area contributed by atoms with E-state index < -0.39 is 23.9 Å². The molecule has 0 amide bonds. The van der Waals surface area contributed by atoms with Gasteiger partial charge in [0.2, 0.25) is 0 Å². The highest BCUT2D eigenvalue weighted by Crippen LogP contribution is 1.98. The molecule has 158 valence electrons. The summed E-state index contributed by atoms with van der Waals surface area (Å²) in [5.41, 5.74) is 0. The van der Waals surface area contributed by atoms with Crippen LogP contribution in [-0.4, -0.2) is 60.5 Å². The summed E-state index contributed by atoms with van der Waals surface area (Å²) in [6.45, 7) is 4.42. The van der Waals surface area contributed by atoms with Crippen molar-refractivity contribution in [3.05, 3.63) is 0 Å². The number of aliphatic carboxylic acids is 2. The van der Waals surface area contributed by atoms with Crippen molar-refractivity contribution in [3.63, 3.8) is 0 Å². The van der Waals surface area contributed by atoms with Crippen LogP contribution in [0.25, 0.3) is 0 Å². The van der Waals surface area contributed by atoms with Gasteiger partial charge in [-0.25, -0.2) is 9.59 Å². The van der Waals surface area contributed by atoms with Crippen LogP contribution in [-0.2, 0) is 33.4 Å². The average Bonchev–Trinajstić information content (AvgIpc) is 2.59. The molecule has 0 saturated carbocycles. The van der Waals surface area contributed by atoms with Crippen LogP contribution in [0.2, 0.25) is 0 Å². The molecule has 0 saturated heterocycles. The number of carbonyl (C=O) groups excluding carboxylic acids is 2. The quantitative estimate of drug-likeness (QED) is 0.318. The lowest BCUT2D eigenvalue weighted by Gasteiger charge is -2.05. The molecular weight excluding hydrogens is 360 g/mol. The maximum absolute atomic E-state index is 11.1. The van der Waals surface area contributed by atoms with Crippen LogP contribution in [0, 0.1) is 0 Å². The monoisotopic (exact) mass is 392 g/mol. The number of hydrogen-bond acceptors (Lipinski definition) is 7. The molecule has 0 atom stereocenters. The molecule has 9 heteroatoms. The molecule has 0 aromatic rings. The van der Waals surface area contributed by atoms with E-state index in [4.69, 9.17) is 24.4 Å². The molecule has 27 heavy (non-hydrogen) atoms. The van der Waals surface area contributed by atoms with Crippen LogP contribution in [0.4, 0.5) is 0 Å². The Kier molecular flexibility index (Phi) is 20.2. The Balaban J connectivity index is 0. The topological polar surface area (TPSA) is 136 Å². The van der Waals surface area contributed by atoms with E-state index in [0.29, 0.717) is 26.1 Å². The van der Waals surface area contributed by atoms with E-state index in [1.807, 2.05) is 13.8 Å². The normalized spacial score (nSPS) is 9.70. The zero-order valence-corrected chi connectivity index (χ0v) is 16.2. The SMILES string of the molecule is CCCCOC(=O)COCC(=O)OCCCC.O=C(O)CCCCC(=O)O. The van der Waals surface area contributed by atoms with Crippen molar-refractivity contribution in [3.8, 4) is 0 Å². The van der Waals surface area contributed by atoms with Gasteiger partial charge in [-0.05, 0) is 25.7 Å². The molecule has 0 radical (unpaired) electrons. The second-order valence-corrected chi connectivity index (χ2v) is 5.64. The average molecular weight is 392 g/mol. The van der Waals surface area contributed by atoms with Gasteiger partial charge in [-0.1, -0.05) is 26.7 Å². The van der Waals surface area contributed by atoms with E-state index in [0.717, 1.165) is 25.7 Å². The van der Waals surface area contributed by atoms with Crippen LogP contribution in [0.1, 0.15) is 65.2 Å². The van der Waals surface area contributed by atoms with Crippen molar-refractivity contribution in [2.75, 3.05) is 26.4 Å². The molecule has 0 unspecified atom stereocenters. The predicted molar refractivity (Wildman–Crippen MR) is 96.3 cm³/mol. The third kappa shape index (κ3) is 26.2. The van der Waals surface area contributed by atoms with Crippen LogP contribution in [0.3, 0.4) is 0 Å². The number of hydrogen-bond donors (Lipinski definition) is 2. The van der Waals surface area contributed by atoms with Gasteiger partial charge in [0.05, 0.1) is 13.2 Å². The highest BCUT2D eigenvalue weighted by atomic mass is 16.6. The summed E-state index contributed by atoms with van der Waals surface area (Å²) < 4.78 is 14.6. The maximum Gasteiger partial charge on any atom is 0.332 e. The Morgan fingerprint density at radius 3 is 1.33 bits per heavy atom. The molecule has 0 fully saturated rings. The van der Waals surface area contributed by atoms with E-state index in [1.165, 1.54) is 0 Å². The van der Waals surface area contributed by atoms with Gasteiger partial charge in [-0.2, -0.15) is 0 Å². The second-order valence-electron chi connectivity index (χ2n) is 5.64. The summed E-state index contributed by atoms with van der Waals surface area (Å²) in [6, 6.07) is 0. The first-order valence-electron chi connectivity index (χ1n) is 9.16. The van der Waals surface area contributed by atoms with Crippen molar-refractivity contribution in [1.29, 1.82) is 0 Å². The number of carboxylic acid groups (broad SMARTS) is 2. The molecule has 0 aromatic heterocycles. The summed E-state index contributed by atoms with van der Waals surface area (Å²) in [5, 5.41) is 16.3. The molecule has 9 nitrogen and oxygen atoms in total. The molecule has 0 heterocycles. The molecule has 0 spiro atoms. The smallest absolute Gasteiger partial charge is 0.332 e. The standard InChI is InChI=1S/C12H22O5.C6H10O4/c1-3-5-7-16-11(13)9-15-10-12(14)17-8-6-4-2;7-5(8)3-1-2-4-6(9)10/h3-10H2,1-2H3;1-4H2,(H,7,8)(H,9,10). The molecule has 0 aromatic carbocycles. The van der Waals surface area contributed by atoms with E-state index in [2.05, 4.69) is 0 Å². The van der Waals surface area contributed by atoms with E-state index in [9.17, 15) is 19.2 Å². The van der Waals surface area contributed by atoms with Gasteiger partial charge in [-0.15, -0.1) is 0 Å². The first-order valence-corrected chi connectivity index (χ1v) is 9.16. The molecule has 0 rings (SSSR count). The van der Waals surface area contributed by atoms with Gasteiger partial charge < -0.3 is 24.4 Å². The first kappa shape index (κ1) is 27.1. The minimum Gasteiger partial charge on any atom is -0.481 e. The minimum atomic E-state index is -0.870. The summed E-state index contributed by atoms with van der Waals surface area (Å²) in [5.74, 6) is -2.63. The number of esters is 2. The minimum absolute atomic E-state index is 0.0628. The Morgan fingerprint density at radius 2 is 1.04 bits per heavy atom. The van der Waals surface area contributed by atoms with E-state index in [-0.39, 0.29) is 26.1 Å². The zero-order chi connectivity index (χ0) is 20.9. The zero-order valence-electron chi connectivity index (χ0n) is 16.2. The first-order chi connectivity index (χ1) is 12.8. The fourth-order valence-electron chi connectivity index (χ4n) is 1.51. The maximum atomic E-state index is 11.1. The largest absolute Gasteiger partial charge is 0.481 e. The van der Waals surface area contributed by atoms with Crippen LogP contribution < -0.4 is 0 Å². The van der Waals surface area contributed by atoms with Crippen molar-refractivity contribution in [1.82, 2.24) is 0 Å². The summed E-state index contributed by atoms with van der Waals surface area (Å²) in [4.78, 5) is 41.9. The van der Waals surface area contributed by atoms with Crippen molar-refractivity contribution >= 4 is 23.9 Å². The second kappa shape index (κ2) is 20.2. The molecular formula is C18H32O9. The lowest BCUT2D eigenvalue weighted by molar-refractivity contribution is -0.155. The number of carboxylic acids is 2. The highest BCUT2D eigenvalue weighted by Gasteiger charge is 2.06. The van der Waals surface area contributed by atoms with Gasteiger partial charge in [0.1, 0.15) is 13.2 Å². The number of carbonyl (C=O) groups is 4. The molecule has 0 bridgehead atoms. The molecule has 0 aliphatic rings. The summed E-state index contributed by atoms with van der Waals surface area (Å²) in [7, 11) is 0. The van der Waals surface area contributed by atoms with Crippen molar-refractivity contribution in [2.24, 2.45) is 0 Å². The lowest BCUT2D eigenvalue weighted by atomic mass is 10.2. The lowest BCUT2D eigenvalue weighted by Crippen LogP contribution is -2.19. The third-order valence-electron chi connectivity index (χ3n) is 2.99. The number of ether oxygens (including phenoxy) is 3.